The van der Waals surface area contributed by atoms with E-state index in [2.05, 4.69) is 37.8 Å². The minimum absolute atomic E-state index is 0. The van der Waals surface area contributed by atoms with Crippen molar-refractivity contribution in [2.24, 2.45) is 11.3 Å². The molecule has 3 rings (SSSR count). The molecule has 2 unspecified atom stereocenters. The summed E-state index contributed by atoms with van der Waals surface area (Å²) in [5, 5.41) is 0. The fourth-order valence-corrected chi connectivity index (χ4v) is 4.14. The molecule has 0 spiro atoms. The molecular formula is C20H28ClNO. The van der Waals surface area contributed by atoms with Crippen molar-refractivity contribution in [3.63, 3.8) is 0 Å². The number of ketones is 1. The molecule has 1 aliphatic heterocycles. The van der Waals surface area contributed by atoms with Gasteiger partial charge in [0, 0.05) is 24.4 Å². The molecule has 0 bridgehead atoms. The standard InChI is InChI=1S/C20H27NO.ClH/c1-4-11-20(3)18(21-12-7-8-15(2)14-21)13-16-9-5-6-10-17(16)19(20)22;/h5-6,9-10,13,15H,4,7-8,11-12,14H2,1-3H3;1H. The normalized spacial score (nSPS) is 27.1. The van der Waals surface area contributed by atoms with Crippen molar-refractivity contribution >= 4 is 24.3 Å². The first kappa shape index (κ1) is 18.1. The Labute approximate surface area is 146 Å². The van der Waals surface area contributed by atoms with Crippen LogP contribution in [0.25, 0.3) is 6.08 Å². The summed E-state index contributed by atoms with van der Waals surface area (Å²) in [5.41, 5.74) is 2.88. The highest BCUT2D eigenvalue weighted by atomic mass is 35.5. The van der Waals surface area contributed by atoms with Crippen LogP contribution >= 0.6 is 12.4 Å². The largest absolute Gasteiger partial charge is 0.374 e. The van der Waals surface area contributed by atoms with Crippen molar-refractivity contribution in [2.75, 3.05) is 13.1 Å². The summed E-state index contributed by atoms with van der Waals surface area (Å²) in [6, 6.07) is 8.07. The predicted molar refractivity (Wildman–Crippen MR) is 99.0 cm³/mol. The summed E-state index contributed by atoms with van der Waals surface area (Å²) in [6.45, 7) is 8.82. The van der Waals surface area contributed by atoms with Crippen LogP contribution < -0.4 is 0 Å². The van der Waals surface area contributed by atoms with Gasteiger partial charge in [0.25, 0.3) is 0 Å². The molecule has 2 nitrogen and oxygen atoms in total. The lowest BCUT2D eigenvalue weighted by Crippen LogP contribution is -2.44. The van der Waals surface area contributed by atoms with Crippen molar-refractivity contribution in [2.45, 2.75) is 46.5 Å². The Morgan fingerprint density at radius 2 is 2.04 bits per heavy atom. The average Bonchev–Trinajstić information content (AvgIpc) is 2.51. The molecule has 1 fully saturated rings. The molecule has 1 aliphatic carbocycles. The Morgan fingerprint density at radius 3 is 2.74 bits per heavy atom. The predicted octanol–water partition coefficient (Wildman–Crippen LogP) is 5.18. The van der Waals surface area contributed by atoms with E-state index in [-0.39, 0.29) is 17.8 Å². The van der Waals surface area contributed by atoms with E-state index >= 15 is 0 Å². The Kier molecular flexibility index (Phi) is 5.57. The lowest BCUT2D eigenvalue weighted by molar-refractivity contribution is 0.0777. The van der Waals surface area contributed by atoms with E-state index in [0.717, 1.165) is 37.1 Å². The number of hydrogen-bond donors (Lipinski definition) is 0. The van der Waals surface area contributed by atoms with Crippen LogP contribution in [-0.4, -0.2) is 23.8 Å². The molecule has 1 saturated heterocycles. The second kappa shape index (κ2) is 7.09. The molecule has 0 saturated carbocycles. The number of benzene rings is 1. The molecule has 0 aromatic heterocycles. The third kappa shape index (κ3) is 3.19. The Bertz CT molecular complexity index is 609. The minimum Gasteiger partial charge on any atom is -0.374 e. The van der Waals surface area contributed by atoms with Gasteiger partial charge >= 0.3 is 0 Å². The van der Waals surface area contributed by atoms with Gasteiger partial charge in [-0.15, -0.1) is 12.4 Å². The smallest absolute Gasteiger partial charge is 0.175 e. The van der Waals surface area contributed by atoms with E-state index in [9.17, 15) is 4.79 Å². The van der Waals surface area contributed by atoms with Gasteiger partial charge in [0.15, 0.2) is 5.78 Å². The lowest BCUT2D eigenvalue weighted by Gasteiger charge is -2.44. The number of halogens is 1. The number of Topliss-reactive ketones (excluding diaryl/α,β-unsaturated/α-hetero) is 1. The van der Waals surface area contributed by atoms with Crippen LogP contribution in [0.1, 0.15) is 62.4 Å². The molecule has 23 heavy (non-hydrogen) atoms. The number of likely N-dealkylation sites (tertiary alicyclic amines) is 1. The second-order valence-corrected chi connectivity index (χ2v) is 7.22. The summed E-state index contributed by atoms with van der Waals surface area (Å²) >= 11 is 0. The quantitative estimate of drug-likeness (QED) is 0.759. The summed E-state index contributed by atoms with van der Waals surface area (Å²) in [6.07, 6.45) is 6.78. The highest BCUT2D eigenvalue weighted by Gasteiger charge is 2.43. The van der Waals surface area contributed by atoms with E-state index in [1.54, 1.807) is 0 Å². The summed E-state index contributed by atoms with van der Waals surface area (Å²) in [4.78, 5) is 15.7. The third-order valence-corrected chi connectivity index (χ3v) is 5.31. The molecule has 126 valence electrons. The van der Waals surface area contributed by atoms with Gasteiger partial charge in [-0.1, -0.05) is 44.5 Å². The number of piperidine rings is 1. The van der Waals surface area contributed by atoms with Crippen LogP contribution in [0.5, 0.6) is 0 Å². The van der Waals surface area contributed by atoms with E-state index in [4.69, 9.17) is 0 Å². The van der Waals surface area contributed by atoms with Crippen molar-refractivity contribution in [3.8, 4) is 0 Å². The van der Waals surface area contributed by atoms with Crippen LogP contribution in [-0.2, 0) is 0 Å². The molecule has 2 aliphatic rings. The zero-order valence-electron chi connectivity index (χ0n) is 14.5. The maximum Gasteiger partial charge on any atom is 0.175 e. The average molecular weight is 334 g/mol. The fourth-order valence-electron chi connectivity index (χ4n) is 4.14. The number of carbonyl (C=O) groups is 1. The third-order valence-electron chi connectivity index (χ3n) is 5.31. The van der Waals surface area contributed by atoms with Crippen LogP contribution in [0, 0.1) is 11.3 Å². The van der Waals surface area contributed by atoms with Crippen LogP contribution in [0.4, 0.5) is 0 Å². The van der Waals surface area contributed by atoms with E-state index in [0.29, 0.717) is 11.7 Å². The number of hydrogen-bond acceptors (Lipinski definition) is 2. The first-order valence-electron chi connectivity index (χ1n) is 8.67. The molecule has 0 radical (unpaired) electrons. The maximum absolute atomic E-state index is 13.2. The van der Waals surface area contributed by atoms with Crippen LogP contribution in [0.3, 0.4) is 0 Å². The molecule has 0 amide bonds. The molecule has 0 N–H and O–H groups in total. The molecule has 1 aromatic carbocycles. The van der Waals surface area contributed by atoms with Gasteiger partial charge in [0.05, 0.1) is 5.41 Å². The Balaban J connectivity index is 0.00000192. The van der Waals surface area contributed by atoms with Gasteiger partial charge in [-0.2, -0.15) is 0 Å². The topological polar surface area (TPSA) is 20.3 Å². The van der Waals surface area contributed by atoms with Gasteiger partial charge in [0.1, 0.15) is 0 Å². The minimum atomic E-state index is -0.361. The van der Waals surface area contributed by atoms with Crippen LogP contribution in [0.2, 0.25) is 0 Å². The first-order chi connectivity index (χ1) is 10.6. The van der Waals surface area contributed by atoms with Gasteiger partial charge in [-0.3, -0.25) is 4.79 Å². The monoisotopic (exact) mass is 333 g/mol. The maximum atomic E-state index is 13.2. The SMILES string of the molecule is CCCC1(C)C(=O)c2ccccc2C=C1N1CCCC(C)C1.Cl. The van der Waals surface area contributed by atoms with Crippen molar-refractivity contribution in [3.05, 3.63) is 41.1 Å². The van der Waals surface area contributed by atoms with Crippen molar-refractivity contribution in [1.82, 2.24) is 4.90 Å². The first-order valence-corrected chi connectivity index (χ1v) is 8.67. The molecule has 2 atom stereocenters. The summed E-state index contributed by atoms with van der Waals surface area (Å²) < 4.78 is 0. The number of carbonyl (C=O) groups excluding carboxylic acids is 1. The fraction of sp³-hybridized carbons (Fsp3) is 0.550. The number of rotatable bonds is 3. The number of allylic oxidation sites excluding steroid dienone is 1. The highest BCUT2D eigenvalue weighted by Crippen LogP contribution is 2.44. The van der Waals surface area contributed by atoms with Crippen molar-refractivity contribution in [1.29, 1.82) is 0 Å². The van der Waals surface area contributed by atoms with Gasteiger partial charge in [-0.25, -0.2) is 0 Å². The molecule has 3 heteroatoms. The second-order valence-electron chi connectivity index (χ2n) is 7.22. The zero-order valence-corrected chi connectivity index (χ0v) is 15.3. The van der Waals surface area contributed by atoms with Crippen molar-refractivity contribution < 1.29 is 4.79 Å². The Hall–Kier alpha value is -1.28. The lowest BCUT2D eigenvalue weighted by atomic mass is 9.70. The summed E-state index contributed by atoms with van der Waals surface area (Å²) in [7, 11) is 0. The molecule has 1 heterocycles. The van der Waals surface area contributed by atoms with Gasteiger partial charge in [0.2, 0.25) is 0 Å². The van der Waals surface area contributed by atoms with E-state index in [1.165, 1.54) is 18.5 Å². The number of nitrogens with zero attached hydrogens (tertiary/aromatic N) is 1. The van der Waals surface area contributed by atoms with E-state index in [1.807, 2.05) is 18.2 Å². The summed E-state index contributed by atoms with van der Waals surface area (Å²) in [5.74, 6) is 1.02. The Morgan fingerprint density at radius 1 is 1.30 bits per heavy atom. The molecular weight excluding hydrogens is 306 g/mol. The van der Waals surface area contributed by atoms with Gasteiger partial charge in [-0.05, 0) is 43.7 Å². The van der Waals surface area contributed by atoms with Gasteiger partial charge < -0.3 is 4.90 Å². The molecule has 1 aromatic rings. The number of fused-ring (bicyclic) bond motifs is 1. The van der Waals surface area contributed by atoms with E-state index < -0.39 is 0 Å². The zero-order chi connectivity index (χ0) is 15.7. The highest BCUT2D eigenvalue weighted by molar-refractivity contribution is 6.07. The van der Waals surface area contributed by atoms with Crippen LogP contribution in [0.15, 0.2) is 30.0 Å².